The summed E-state index contributed by atoms with van der Waals surface area (Å²) >= 11 is 0. The summed E-state index contributed by atoms with van der Waals surface area (Å²) < 4.78 is 38.9. The van der Waals surface area contributed by atoms with E-state index in [-0.39, 0.29) is 6.54 Å². The van der Waals surface area contributed by atoms with Crippen molar-refractivity contribution in [3.63, 3.8) is 0 Å². The molecular formula is C12H10F3NO. The lowest BCUT2D eigenvalue weighted by Gasteiger charge is -2.05. The van der Waals surface area contributed by atoms with Crippen LogP contribution < -0.4 is 5.32 Å². The summed E-state index contributed by atoms with van der Waals surface area (Å²) in [5.74, 6) is 0.872. The van der Waals surface area contributed by atoms with Gasteiger partial charge < -0.3 is 5.32 Å². The van der Waals surface area contributed by atoms with Crippen LogP contribution >= 0.6 is 0 Å². The zero-order valence-electron chi connectivity index (χ0n) is 9.11. The fraction of sp³-hybridized carbons (Fsp3) is 0.250. The molecule has 0 aliphatic heterocycles. The Hall–Kier alpha value is -1.96. The van der Waals surface area contributed by atoms with Crippen LogP contribution in [0.2, 0.25) is 0 Å². The molecule has 0 spiro atoms. The highest BCUT2D eigenvalue weighted by Crippen LogP contribution is 2.14. The Morgan fingerprint density at radius 1 is 1.29 bits per heavy atom. The molecule has 0 atom stereocenters. The highest BCUT2D eigenvalue weighted by Gasteiger charge is 2.18. The summed E-state index contributed by atoms with van der Waals surface area (Å²) in [6.07, 6.45) is 0.382. The molecule has 0 heterocycles. The number of hydrogen-bond donors (Lipinski definition) is 1. The fourth-order valence-electron chi connectivity index (χ4n) is 1.21. The van der Waals surface area contributed by atoms with E-state index in [1.807, 2.05) is 0 Å². The van der Waals surface area contributed by atoms with Crippen molar-refractivity contribution in [3.05, 3.63) is 35.1 Å². The average molecular weight is 241 g/mol. The minimum Gasteiger partial charge on any atom is -0.351 e. The fourth-order valence-corrected chi connectivity index (χ4v) is 1.21. The van der Waals surface area contributed by atoms with Gasteiger partial charge in [-0.3, -0.25) is 4.79 Å². The second-order valence-corrected chi connectivity index (χ2v) is 3.18. The number of carbonyl (C=O) groups excluding carboxylic acids is 1. The number of nitrogens with one attached hydrogen (secondary N) is 1. The van der Waals surface area contributed by atoms with Gasteiger partial charge in [0.1, 0.15) is 23.0 Å². The molecule has 2 nitrogen and oxygen atoms in total. The second-order valence-electron chi connectivity index (χ2n) is 3.18. The molecular weight excluding hydrogens is 231 g/mol. The largest absolute Gasteiger partial charge is 0.351 e. The number of benzene rings is 1. The number of rotatable bonds is 3. The van der Waals surface area contributed by atoms with E-state index in [0.29, 0.717) is 18.6 Å². The number of amides is 1. The number of halogens is 3. The van der Waals surface area contributed by atoms with E-state index in [4.69, 9.17) is 0 Å². The summed E-state index contributed by atoms with van der Waals surface area (Å²) in [6.45, 7) is 1.82. The maximum Gasteiger partial charge on any atom is 0.257 e. The molecule has 1 N–H and O–H groups in total. The lowest BCUT2D eigenvalue weighted by Crippen LogP contribution is -2.26. The third kappa shape index (κ3) is 3.52. The maximum absolute atomic E-state index is 13.2. The smallest absolute Gasteiger partial charge is 0.257 e. The molecule has 0 aliphatic carbocycles. The van der Waals surface area contributed by atoms with Gasteiger partial charge in [-0.05, 0) is 6.92 Å². The van der Waals surface area contributed by atoms with Gasteiger partial charge >= 0.3 is 0 Å². The van der Waals surface area contributed by atoms with E-state index in [1.54, 1.807) is 6.92 Å². The third-order valence-electron chi connectivity index (χ3n) is 1.95. The van der Waals surface area contributed by atoms with Crippen LogP contribution in [0.5, 0.6) is 0 Å². The van der Waals surface area contributed by atoms with Crippen LogP contribution in [0.3, 0.4) is 0 Å². The summed E-state index contributed by atoms with van der Waals surface area (Å²) in [4.78, 5) is 11.4. The van der Waals surface area contributed by atoms with E-state index in [1.165, 1.54) is 0 Å². The average Bonchev–Trinajstić information content (AvgIpc) is 2.23. The Bertz CT molecular complexity index is 465. The van der Waals surface area contributed by atoms with Crippen LogP contribution in [0, 0.1) is 29.3 Å². The van der Waals surface area contributed by atoms with Crippen LogP contribution in [0.1, 0.15) is 23.7 Å². The summed E-state index contributed by atoms with van der Waals surface area (Å²) in [6, 6.07) is 0.924. The molecule has 1 aromatic rings. The van der Waals surface area contributed by atoms with Crippen LogP contribution in [-0.4, -0.2) is 12.5 Å². The van der Waals surface area contributed by atoms with E-state index >= 15 is 0 Å². The minimum atomic E-state index is -1.22. The molecule has 1 rings (SSSR count). The topological polar surface area (TPSA) is 29.1 Å². The van der Waals surface area contributed by atoms with Gasteiger partial charge in [0, 0.05) is 25.1 Å². The molecule has 17 heavy (non-hydrogen) atoms. The lowest BCUT2D eigenvalue weighted by atomic mass is 10.1. The van der Waals surface area contributed by atoms with Gasteiger partial charge in [-0.25, -0.2) is 13.2 Å². The van der Waals surface area contributed by atoms with Gasteiger partial charge in [0.05, 0.1) is 0 Å². The first-order valence-electron chi connectivity index (χ1n) is 4.88. The first kappa shape index (κ1) is 13.1. The van der Waals surface area contributed by atoms with Crippen LogP contribution in [0.4, 0.5) is 13.2 Å². The first-order chi connectivity index (χ1) is 8.06. The van der Waals surface area contributed by atoms with Gasteiger partial charge in [0.25, 0.3) is 5.91 Å². The molecule has 0 unspecified atom stereocenters. The summed E-state index contributed by atoms with van der Waals surface area (Å²) in [5, 5.41) is 2.29. The standard InChI is InChI=1S/C12H10F3NO/c1-2-3-4-5-16-12(17)11-9(14)6-8(13)7-10(11)15/h6-7H,4-5H2,1H3,(H,16,17). The Kier molecular flexibility index (Phi) is 4.58. The highest BCUT2D eigenvalue weighted by atomic mass is 19.1. The molecule has 5 heteroatoms. The molecule has 0 bridgehead atoms. The van der Waals surface area contributed by atoms with E-state index < -0.39 is 28.9 Å². The van der Waals surface area contributed by atoms with Crippen LogP contribution in [-0.2, 0) is 0 Å². The van der Waals surface area contributed by atoms with Crippen LogP contribution in [0.25, 0.3) is 0 Å². The Morgan fingerprint density at radius 2 is 1.88 bits per heavy atom. The van der Waals surface area contributed by atoms with Crippen LogP contribution in [0.15, 0.2) is 12.1 Å². The van der Waals surface area contributed by atoms with Gasteiger partial charge in [0.15, 0.2) is 0 Å². The third-order valence-corrected chi connectivity index (χ3v) is 1.95. The Balaban J connectivity index is 2.77. The maximum atomic E-state index is 13.2. The highest BCUT2D eigenvalue weighted by molar-refractivity contribution is 5.94. The van der Waals surface area contributed by atoms with Crippen molar-refractivity contribution in [2.45, 2.75) is 13.3 Å². The van der Waals surface area contributed by atoms with Crippen molar-refractivity contribution in [3.8, 4) is 11.8 Å². The quantitative estimate of drug-likeness (QED) is 0.638. The van der Waals surface area contributed by atoms with Gasteiger partial charge in [-0.2, -0.15) is 0 Å². The van der Waals surface area contributed by atoms with Gasteiger partial charge in [0.2, 0.25) is 0 Å². The van der Waals surface area contributed by atoms with Gasteiger partial charge in [-0.1, -0.05) is 0 Å². The molecule has 0 aromatic heterocycles. The zero-order valence-corrected chi connectivity index (χ0v) is 9.11. The van der Waals surface area contributed by atoms with Crippen molar-refractivity contribution in [2.24, 2.45) is 0 Å². The predicted octanol–water partition coefficient (Wildman–Crippen LogP) is 2.25. The summed E-state index contributed by atoms with van der Waals surface area (Å²) in [5.41, 5.74) is -0.782. The SMILES string of the molecule is CC#CCCNC(=O)c1c(F)cc(F)cc1F. The molecule has 0 saturated carbocycles. The van der Waals surface area contributed by atoms with Crippen molar-refractivity contribution in [1.82, 2.24) is 5.32 Å². The van der Waals surface area contributed by atoms with Crippen molar-refractivity contribution < 1.29 is 18.0 Å². The molecule has 0 aliphatic rings. The van der Waals surface area contributed by atoms with Crippen molar-refractivity contribution in [2.75, 3.05) is 6.54 Å². The minimum absolute atomic E-state index is 0.177. The van der Waals surface area contributed by atoms with Gasteiger partial charge in [-0.15, -0.1) is 11.8 Å². The molecule has 90 valence electrons. The first-order valence-corrected chi connectivity index (χ1v) is 4.88. The molecule has 0 saturated heterocycles. The van der Waals surface area contributed by atoms with Crippen molar-refractivity contribution in [1.29, 1.82) is 0 Å². The predicted molar refractivity (Wildman–Crippen MR) is 56.7 cm³/mol. The van der Waals surface area contributed by atoms with Crippen molar-refractivity contribution >= 4 is 5.91 Å². The number of carbonyl (C=O) groups is 1. The van der Waals surface area contributed by atoms with E-state index in [2.05, 4.69) is 17.2 Å². The van der Waals surface area contributed by atoms with E-state index in [0.717, 1.165) is 0 Å². The molecule has 0 radical (unpaired) electrons. The summed E-state index contributed by atoms with van der Waals surface area (Å²) in [7, 11) is 0. The normalized spacial score (nSPS) is 9.41. The lowest BCUT2D eigenvalue weighted by molar-refractivity contribution is 0.0946. The number of hydrogen-bond acceptors (Lipinski definition) is 1. The Labute approximate surface area is 96.8 Å². The second kappa shape index (κ2) is 5.94. The molecule has 1 aromatic carbocycles. The van der Waals surface area contributed by atoms with E-state index in [9.17, 15) is 18.0 Å². The zero-order chi connectivity index (χ0) is 12.8. The molecule has 0 fully saturated rings. The molecule has 1 amide bonds. The monoisotopic (exact) mass is 241 g/mol. The Morgan fingerprint density at radius 3 is 2.41 bits per heavy atom.